The van der Waals surface area contributed by atoms with Gasteiger partial charge in [0, 0.05) is 5.69 Å². The largest absolute Gasteiger partial charge is 0.481 e. The Balaban J connectivity index is 2.09. The van der Waals surface area contributed by atoms with Gasteiger partial charge in [-0.1, -0.05) is 65.0 Å². The normalized spacial score (nSPS) is 12.8. The third-order valence-electron chi connectivity index (χ3n) is 4.58. The van der Waals surface area contributed by atoms with Crippen LogP contribution < -0.4 is 10.1 Å². The zero-order valence-corrected chi connectivity index (χ0v) is 17.0. The molecular weight excluding hydrogens is 322 g/mol. The van der Waals surface area contributed by atoms with Gasteiger partial charge >= 0.3 is 0 Å². The van der Waals surface area contributed by atoms with Crippen LogP contribution in [-0.2, 0) is 10.2 Å². The number of aryl methyl sites for hydroxylation is 1. The topological polar surface area (TPSA) is 38.3 Å². The Morgan fingerprint density at radius 1 is 1.00 bits per heavy atom. The summed E-state index contributed by atoms with van der Waals surface area (Å²) in [5, 5.41) is 3.05. The van der Waals surface area contributed by atoms with E-state index in [9.17, 15) is 4.79 Å². The number of ether oxygens (including phenoxy) is 1. The van der Waals surface area contributed by atoms with Crippen molar-refractivity contribution in [3.8, 4) is 5.75 Å². The lowest BCUT2D eigenvalue weighted by Crippen LogP contribution is -2.31. The van der Waals surface area contributed by atoms with E-state index in [1.54, 1.807) is 6.92 Å². The number of para-hydroxylation sites is 1. The molecule has 0 aliphatic rings. The van der Waals surface area contributed by atoms with E-state index >= 15 is 0 Å². The van der Waals surface area contributed by atoms with E-state index in [4.69, 9.17) is 4.74 Å². The van der Waals surface area contributed by atoms with Gasteiger partial charge in [-0.2, -0.15) is 0 Å². The Labute approximate surface area is 157 Å². The summed E-state index contributed by atoms with van der Waals surface area (Å²) >= 11 is 0. The van der Waals surface area contributed by atoms with Gasteiger partial charge in [0.05, 0.1) is 0 Å². The van der Waals surface area contributed by atoms with E-state index in [0.29, 0.717) is 11.7 Å². The zero-order chi connectivity index (χ0) is 19.5. The van der Waals surface area contributed by atoms with Crippen LogP contribution in [0.4, 0.5) is 5.69 Å². The van der Waals surface area contributed by atoms with Crippen molar-refractivity contribution in [2.75, 3.05) is 5.32 Å². The zero-order valence-electron chi connectivity index (χ0n) is 17.0. The fourth-order valence-electron chi connectivity index (χ4n) is 2.86. The molecule has 1 amide bonds. The molecule has 0 saturated carbocycles. The van der Waals surface area contributed by atoms with Gasteiger partial charge in [0.2, 0.25) is 0 Å². The summed E-state index contributed by atoms with van der Waals surface area (Å²) in [7, 11) is 0. The highest BCUT2D eigenvalue weighted by molar-refractivity contribution is 5.95. The lowest BCUT2D eigenvalue weighted by Gasteiger charge is -2.21. The first-order valence-electron chi connectivity index (χ1n) is 9.27. The van der Waals surface area contributed by atoms with Crippen molar-refractivity contribution >= 4 is 11.6 Å². The summed E-state index contributed by atoms with van der Waals surface area (Å²) in [5.74, 6) is 0.905. The molecule has 0 saturated heterocycles. The van der Waals surface area contributed by atoms with Crippen LogP contribution in [0.2, 0.25) is 0 Å². The lowest BCUT2D eigenvalue weighted by atomic mass is 9.87. The molecule has 140 valence electrons. The van der Waals surface area contributed by atoms with E-state index in [1.165, 1.54) is 5.56 Å². The van der Waals surface area contributed by atoms with E-state index in [1.807, 2.05) is 31.2 Å². The molecule has 0 aromatic heterocycles. The van der Waals surface area contributed by atoms with Gasteiger partial charge in [-0.3, -0.25) is 4.79 Å². The maximum Gasteiger partial charge on any atom is 0.265 e. The van der Waals surface area contributed by atoms with Crippen LogP contribution in [0.3, 0.4) is 0 Å². The summed E-state index contributed by atoms with van der Waals surface area (Å²) in [5.41, 5.74) is 4.43. The summed E-state index contributed by atoms with van der Waals surface area (Å²) < 4.78 is 5.84. The molecule has 2 aromatic rings. The number of rotatable bonds is 5. The van der Waals surface area contributed by atoms with E-state index in [-0.39, 0.29) is 11.3 Å². The van der Waals surface area contributed by atoms with Crippen LogP contribution in [0.5, 0.6) is 5.75 Å². The number of carbonyl (C=O) groups is 1. The third-order valence-corrected chi connectivity index (χ3v) is 4.58. The minimum atomic E-state index is -0.574. The fourth-order valence-corrected chi connectivity index (χ4v) is 2.86. The number of nitrogens with one attached hydrogen (secondary N) is 1. The van der Waals surface area contributed by atoms with Crippen molar-refractivity contribution in [2.45, 2.75) is 65.9 Å². The monoisotopic (exact) mass is 353 g/mol. The Kier molecular flexibility index (Phi) is 6.12. The average molecular weight is 354 g/mol. The van der Waals surface area contributed by atoms with E-state index < -0.39 is 6.10 Å². The Bertz CT molecular complexity index is 755. The fraction of sp³-hybridized carbons (Fsp3) is 0.435. The highest BCUT2D eigenvalue weighted by Gasteiger charge is 2.19. The molecule has 0 bridgehead atoms. The van der Waals surface area contributed by atoms with Crippen molar-refractivity contribution in [3.05, 3.63) is 59.2 Å². The van der Waals surface area contributed by atoms with Crippen molar-refractivity contribution in [1.29, 1.82) is 0 Å². The number of hydrogen-bond acceptors (Lipinski definition) is 2. The van der Waals surface area contributed by atoms with Gasteiger partial charge in [0.15, 0.2) is 6.10 Å². The molecule has 0 radical (unpaired) electrons. The minimum Gasteiger partial charge on any atom is -0.481 e. The van der Waals surface area contributed by atoms with Crippen molar-refractivity contribution in [1.82, 2.24) is 0 Å². The van der Waals surface area contributed by atoms with Gasteiger partial charge in [-0.15, -0.1) is 0 Å². The molecule has 26 heavy (non-hydrogen) atoms. The first-order valence-corrected chi connectivity index (χ1v) is 9.27. The molecule has 2 rings (SSSR count). The maximum atomic E-state index is 12.6. The summed E-state index contributed by atoms with van der Waals surface area (Å²) in [6.07, 6.45) is -0.574. The van der Waals surface area contributed by atoms with Crippen LogP contribution in [0.15, 0.2) is 42.5 Å². The van der Waals surface area contributed by atoms with Crippen LogP contribution in [-0.4, -0.2) is 12.0 Å². The molecule has 0 aliphatic carbocycles. The molecule has 0 fully saturated rings. The second-order valence-corrected chi connectivity index (χ2v) is 8.22. The van der Waals surface area contributed by atoms with Crippen LogP contribution in [0, 0.1) is 6.92 Å². The van der Waals surface area contributed by atoms with Gasteiger partial charge in [0.1, 0.15) is 5.75 Å². The third kappa shape index (κ3) is 4.87. The second kappa shape index (κ2) is 7.94. The molecule has 1 unspecified atom stereocenters. The lowest BCUT2D eigenvalue weighted by molar-refractivity contribution is -0.122. The van der Waals surface area contributed by atoms with E-state index in [0.717, 1.165) is 16.8 Å². The van der Waals surface area contributed by atoms with Crippen LogP contribution in [0.1, 0.15) is 64.2 Å². The predicted octanol–water partition coefficient (Wildman–Crippen LogP) is 5.82. The molecule has 1 N–H and O–H groups in total. The smallest absolute Gasteiger partial charge is 0.265 e. The Morgan fingerprint density at radius 3 is 2.15 bits per heavy atom. The van der Waals surface area contributed by atoms with Gasteiger partial charge in [0.25, 0.3) is 5.91 Å². The van der Waals surface area contributed by atoms with Crippen molar-refractivity contribution < 1.29 is 9.53 Å². The maximum absolute atomic E-state index is 12.6. The molecule has 0 aliphatic heterocycles. The first kappa shape index (κ1) is 20.0. The second-order valence-electron chi connectivity index (χ2n) is 8.22. The first-order chi connectivity index (χ1) is 12.1. The number of hydrogen-bond donors (Lipinski definition) is 1. The molecule has 0 spiro atoms. The highest BCUT2D eigenvalue weighted by atomic mass is 16.5. The van der Waals surface area contributed by atoms with Crippen LogP contribution >= 0.6 is 0 Å². The van der Waals surface area contributed by atoms with Crippen molar-refractivity contribution in [3.63, 3.8) is 0 Å². The molecule has 1 atom stereocenters. The number of amides is 1. The highest BCUT2D eigenvalue weighted by Crippen LogP contribution is 2.28. The van der Waals surface area contributed by atoms with Crippen LogP contribution in [0.25, 0.3) is 0 Å². The Morgan fingerprint density at radius 2 is 1.62 bits per heavy atom. The molecule has 0 heterocycles. The van der Waals surface area contributed by atoms with Gasteiger partial charge in [-0.25, -0.2) is 0 Å². The standard InChI is InChI=1S/C23H31NO2/c1-15(2)20-10-8-9-16(3)21(20)24-22(25)17(4)26-19-13-11-18(12-14-19)23(5,6)7/h8-15,17H,1-7H3,(H,24,25). The van der Waals surface area contributed by atoms with Gasteiger partial charge in [-0.05, 0) is 54.0 Å². The number of carbonyl (C=O) groups excluding carboxylic acids is 1. The average Bonchev–Trinajstić information content (AvgIpc) is 2.56. The SMILES string of the molecule is Cc1cccc(C(C)C)c1NC(=O)C(C)Oc1ccc(C(C)(C)C)cc1. The summed E-state index contributed by atoms with van der Waals surface area (Å²) in [6.45, 7) is 14.6. The molecule has 3 heteroatoms. The van der Waals surface area contributed by atoms with Crippen molar-refractivity contribution in [2.24, 2.45) is 0 Å². The Hall–Kier alpha value is -2.29. The molecule has 2 aromatic carbocycles. The van der Waals surface area contributed by atoms with E-state index in [2.05, 4.69) is 58.1 Å². The minimum absolute atomic E-state index is 0.0968. The number of anilines is 1. The number of benzene rings is 2. The predicted molar refractivity (Wildman–Crippen MR) is 109 cm³/mol. The van der Waals surface area contributed by atoms with Gasteiger partial charge < -0.3 is 10.1 Å². The molecule has 3 nitrogen and oxygen atoms in total. The summed E-state index contributed by atoms with van der Waals surface area (Å²) in [4.78, 5) is 12.6. The quantitative estimate of drug-likeness (QED) is 0.735. The summed E-state index contributed by atoms with van der Waals surface area (Å²) in [6, 6.07) is 14.1. The molecular formula is C23H31NO2.